The van der Waals surface area contributed by atoms with E-state index in [2.05, 4.69) is 50.0 Å². The summed E-state index contributed by atoms with van der Waals surface area (Å²) in [7, 11) is -1.41. The molecule has 0 atom stereocenters. The van der Waals surface area contributed by atoms with Crippen LogP contribution in [0.4, 0.5) is 0 Å². The maximum Gasteiger partial charge on any atom is 0.183 e. The zero-order valence-electron chi connectivity index (χ0n) is 10.8. The third kappa shape index (κ3) is 3.45. The van der Waals surface area contributed by atoms with Crippen molar-refractivity contribution in [3.8, 4) is 0 Å². The molecule has 2 rings (SSSR count). The van der Waals surface area contributed by atoms with Gasteiger partial charge in [0, 0.05) is 5.56 Å². The largest absolute Gasteiger partial charge is 0.491 e. The van der Waals surface area contributed by atoms with Gasteiger partial charge in [0.25, 0.3) is 0 Å². The van der Waals surface area contributed by atoms with Crippen molar-refractivity contribution in [3.63, 3.8) is 0 Å². The van der Waals surface area contributed by atoms with Crippen LogP contribution in [-0.4, -0.2) is 21.5 Å². The fraction of sp³-hybridized carbons (Fsp3) is 0.429. The van der Waals surface area contributed by atoms with Crippen molar-refractivity contribution < 1.29 is 9.16 Å². The summed E-state index contributed by atoms with van der Waals surface area (Å²) in [6.45, 7) is 7.91. The van der Waals surface area contributed by atoms with E-state index < -0.39 is 8.32 Å². The Morgan fingerprint density at radius 1 is 1.12 bits per heavy atom. The molecule has 0 unspecified atom stereocenters. The molecule has 0 aliphatic heterocycles. The van der Waals surface area contributed by atoms with Crippen LogP contribution in [0.25, 0.3) is 5.76 Å². The molecular weight excluding hydrogens is 228 g/mol. The van der Waals surface area contributed by atoms with Gasteiger partial charge in [-0.3, -0.25) is 0 Å². The summed E-state index contributed by atoms with van der Waals surface area (Å²) in [5.74, 6) is 1.01. The lowest BCUT2D eigenvalue weighted by atomic mass is 10.1. The molecule has 17 heavy (non-hydrogen) atoms. The highest BCUT2D eigenvalue weighted by molar-refractivity contribution is 6.69. The Hall–Kier alpha value is -1.06. The number of fused-ring (bicyclic) bond motifs is 1. The number of hydrogen-bond donors (Lipinski definition) is 0. The number of benzene rings is 1. The van der Waals surface area contributed by atoms with Crippen molar-refractivity contribution in [2.24, 2.45) is 0 Å². The SMILES string of the molecule is C[Si](C)(C)OCCOC1=CCc2ccccc21. The van der Waals surface area contributed by atoms with Gasteiger partial charge in [0.2, 0.25) is 0 Å². The molecule has 1 aliphatic rings. The maximum atomic E-state index is 5.78. The van der Waals surface area contributed by atoms with Crippen LogP contribution in [0.15, 0.2) is 30.3 Å². The van der Waals surface area contributed by atoms with Crippen LogP contribution in [0, 0.1) is 0 Å². The van der Waals surface area contributed by atoms with Crippen molar-refractivity contribution in [2.75, 3.05) is 13.2 Å². The lowest BCUT2D eigenvalue weighted by molar-refractivity contribution is 0.191. The van der Waals surface area contributed by atoms with Gasteiger partial charge in [0.1, 0.15) is 12.4 Å². The van der Waals surface area contributed by atoms with Crippen LogP contribution in [0.5, 0.6) is 0 Å². The van der Waals surface area contributed by atoms with Gasteiger partial charge in [-0.2, -0.15) is 0 Å². The van der Waals surface area contributed by atoms with Crippen molar-refractivity contribution in [3.05, 3.63) is 41.5 Å². The summed E-state index contributed by atoms with van der Waals surface area (Å²) < 4.78 is 11.5. The van der Waals surface area contributed by atoms with Crippen LogP contribution < -0.4 is 0 Å². The van der Waals surface area contributed by atoms with Gasteiger partial charge in [-0.05, 0) is 37.7 Å². The Morgan fingerprint density at radius 2 is 1.88 bits per heavy atom. The van der Waals surface area contributed by atoms with Gasteiger partial charge >= 0.3 is 0 Å². The van der Waals surface area contributed by atoms with Crippen LogP contribution in [-0.2, 0) is 15.6 Å². The lowest BCUT2D eigenvalue weighted by Crippen LogP contribution is -2.27. The Balaban J connectivity index is 1.82. The fourth-order valence-electron chi connectivity index (χ4n) is 1.89. The van der Waals surface area contributed by atoms with Gasteiger partial charge in [0.15, 0.2) is 8.32 Å². The molecule has 0 heterocycles. The van der Waals surface area contributed by atoms with E-state index in [-0.39, 0.29) is 0 Å². The van der Waals surface area contributed by atoms with Crippen molar-refractivity contribution in [1.82, 2.24) is 0 Å². The van der Waals surface area contributed by atoms with E-state index in [1.807, 2.05) is 0 Å². The third-order valence-electron chi connectivity index (χ3n) is 2.67. The number of hydrogen-bond acceptors (Lipinski definition) is 2. The highest BCUT2D eigenvalue weighted by Gasteiger charge is 2.16. The molecule has 0 saturated heterocycles. The molecule has 1 aromatic carbocycles. The van der Waals surface area contributed by atoms with Crippen LogP contribution in [0.2, 0.25) is 19.6 Å². The summed E-state index contributed by atoms with van der Waals surface area (Å²) in [4.78, 5) is 0. The first-order chi connectivity index (χ1) is 8.06. The van der Waals surface area contributed by atoms with E-state index in [1.165, 1.54) is 11.1 Å². The third-order valence-corrected chi connectivity index (χ3v) is 3.74. The predicted molar refractivity (Wildman–Crippen MR) is 73.4 cm³/mol. The Morgan fingerprint density at radius 3 is 2.65 bits per heavy atom. The standard InChI is InChI=1S/C14H20O2Si/c1-17(2,3)16-11-10-15-14-9-8-12-6-4-5-7-13(12)14/h4-7,9H,8,10-11H2,1-3H3. The molecule has 2 nitrogen and oxygen atoms in total. The lowest BCUT2D eigenvalue weighted by Gasteiger charge is -2.17. The van der Waals surface area contributed by atoms with Crippen molar-refractivity contribution in [1.29, 1.82) is 0 Å². The second-order valence-electron chi connectivity index (χ2n) is 5.24. The van der Waals surface area contributed by atoms with E-state index in [9.17, 15) is 0 Å². The quantitative estimate of drug-likeness (QED) is 0.587. The topological polar surface area (TPSA) is 18.5 Å². The summed E-state index contributed by atoms with van der Waals surface area (Å²) in [6.07, 6.45) is 3.14. The van der Waals surface area contributed by atoms with Gasteiger partial charge in [-0.25, -0.2) is 0 Å². The molecule has 0 N–H and O–H groups in total. The molecule has 92 valence electrons. The minimum Gasteiger partial charge on any atom is -0.491 e. The average molecular weight is 248 g/mol. The second-order valence-corrected chi connectivity index (χ2v) is 9.75. The number of rotatable bonds is 5. The first-order valence-electron chi connectivity index (χ1n) is 6.11. The minimum atomic E-state index is -1.41. The predicted octanol–water partition coefficient (Wildman–Crippen LogP) is 3.45. The molecule has 3 heteroatoms. The Labute approximate surface area is 104 Å². The number of allylic oxidation sites excluding steroid dienone is 1. The summed E-state index contributed by atoms with van der Waals surface area (Å²) in [6, 6.07) is 8.40. The summed E-state index contributed by atoms with van der Waals surface area (Å²) >= 11 is 0. The Bertz CT molecular complexity index is 418. The van der Waals surface area contributed by atoms with E-state index >= 15 is 0 Å². The van der Waals surface area contributed by atoms with Gasteiger partial charge < -0.3 is 9.16 Å². The van der Waals surface area contributed by atoms with Gasteiger partial charge in [0.05, 0.1) is 6.61 Å². The zero-order valence-corrected chi connectivity index (χ0v) is 11.8. The molecule has 1 aromatic rings. The molecule has 1 aliphatic carbocycles. The van der Waals surface area contributed by atoms with E-state index in [1.54, 1.807) is 0 Å². The highest BCUT2D eigenvalue weighted by Crippen LogP contribution is 2.27. The minimum absolute atomic E-state index is 0.643. The van der Waals surface area contributed by atoms with Crippen molar-refractivity contribution in [2.45, 2.75) is 26.1 Å². The molecule has 0 aromatic heterocycles. The van der Waals surface area contributed by atoms with Crippen molar-refractivity contribution >= 4 is 14.1 Å². The first kappa shape index (κ1) is 12.4. The first-order valence-corrected chi connectivity index (χ1v) is 9.52. The molecular formula is C14H20O2Si. The average Bonchev–Trinajstić information content (AvgIpc) is 2.67. The number of ether oxygens (including phenoxy) is 1. The van der Waals surface area contributed by atoms with Crippen LogP contribution in [0.1, 0.15) is 11.1 Å². The molecule has 0 bridgehead atoms. The zero-order chi connectivity index (χ0) is 12.3. The van der Waals surface area contributed by atoms with Gasteiger partial charge in [-0.15, -0.1) is 0 Å². The summed E-state index contributed by atoms with van der Waals surface area (Å²) in [5, 5.41) is 0. The summed E-state index contributed by atoms with van der Waals surface area (Å²) in [5.41, 5.74) is 2.59. The monoisotopic (exact) mass is 248 g/mol. The second kappa shape index (κ2) is 5.06. The normalized spacial score (nSPS) is 14.4. The molecule has 0 spiro atoms. The van der Waals surface area contributed by atoms with E-state index in [0.29, 0.717) is 13.2 Å². The maximum absolute atomic E-state index is 5.78. The van der Waals surface area contributed by atoms with Crippen LogP contribution in [0.3, 0.4) is 0 Å². The van der Waals surface area contributed by atoms with Crippen LogP contribution >= 0.6 is 0 Å². The van der Waals surface area contributed by atoms with E-state index in [0.717, 1.165) is 12.2 Å². The molecule has 0 amide bonds. The molecule has 0 radical (unpaired) electrons. The van der Waals surface area contributed by atoms with E-state index in [4.69, 9.17) is 9.16 Å². The Kier molecular flexibility index (Phi) is 3.69. The highest BCUT2D eigenvalue weighted by atomic mass is 28.4. The van der Waals surface area contributed by atoms with Gasteiger partial charge in [-0.1, -0.05) is 24.3 Å². The fourth-order valence-corrected chi connectivity index (χ4v) is 2.58. The smallest absolute Gasteiger partial charge is 0.183 e. The molecule has 0 saturated carbocycles. The molecule has 0 fully saturated rings.